The van der Waals surface area contributed by atoms with Crippen LogP contribution in [-0.4, -0.2) is 29.3 Å². The monoisotopic (exact) mass is 334 g/mol. The van der Waals surface area contributed by atoms with Crippen LogP contribution in [0.4, 0.5) is 5.69 Å². The number of rotatable bonds is 3. The number of ketones is 1. The number of carbonyl (C=O) groups excluding carboxylic acids is 2. The van der Waals surface area contributed by atoms with Crippen molar-refractivity contribution in [3.8, 4) is 0 Å². The van der Waals surface area contributed by atoms with E-state index in [4.69, 9.17) is 0 Å². The van der Waals surface area contributed by atoms with Crippen LogP contribution in [0, 0.1) is 0 Å². The summed E-state index contributed by atoms with van der Waals surface area (Å²) < 4.78 is 0. The summed E-state index contributed by atoms with van der Waals surface area (Å²) in [6, 6.07) is 16.9. The molecule has 0 fully saturated rings. The number of hydrogen-bond donors (Lipinski definition) is 3. The molecule has 5 nitrogen and oxygen atoms in total. The van der Waals surface area contributed by atoms with Gasteiger partial charge in [0.15, 0.2) is 6.04 Å². The topological polar surface area (TPSA) is 78.6 Å². The van der Waals surface area contributed by atoms with Gasteiger partial charge in [0, 0.05) is 23.0 Å². The van der Waals surface area contributed by atoms with E-state index in [-0.39, 0.29) is 18.1 Å². The molecule has 0 spiro atoms. The summed E-state index contributed by atoms with van der Waals surface area (Å²) in [5, 5.41) is 5.95. The zero-order valence-corrected chi connectivity index (χ0v) is 13.8. The third-order valence-electron chi connectivity index (χ3n) is 4.71. The molecule has 4 N–H and O–H groups in total. The number of amides is 1. The fraction of sp³-hybridized carbons (Fsp3) is 0.200. The zero-order valence-electron chi connectivity index (χ0n) is 13.8. The van der Waals surface area contributed by atoms with Crippen LogP contribution >= 0.6 is 0 Å². The van der Waals surface area contributed by atoms with Crippen LogP contribution < -0.4 is 10.6 Å². The van der Waals surface area contributed by atoms with Crippen molar-refractivity contribution in [2.24, 2.45) is 0 Å². The number of fused-ring (bicyclic) bond motifs is 3. The molecule has 1 aromatic heterocycles. The smallest absolute Gasteiger partial charge is 0.236 e. The van der Waals surface area contributed by atoms with Gasteiger partial charge < -0.3 is 15.6 Å². The number of para-hydroxylation sites is 2. The molecule has 0 bridgehead atoms. The highest BCUT2D eigenvalue weighted by Gasteiger charge is 2.32. The summed E-state index contributed by atoms with van der Waals surface area (Å²) in [6.45, 7) is 0.796. The zero-order chi connectivity index (χ0) is 17.2. The van der Waals surface area contributed by atoms with Crippen molar-refractivity contribution in [3.05, 3.63) is 65.9 Å². The Morgan fingerprint density at radius 1 is 1.12 bits per heavy atom. The highest BCUT2D eigenvalue weighted by atomic mass is 16.2. The summed E-state index contributed by atoms with van der Waals surface area (Å²) in [4.78, 5) is 28.5. The summed E-state index contributed by atoms with van der Waals surface area (Å²) in [5.41, 5.74) is 3.46. The van der Waals surface area contributed by atoms with Gasteiger partial charge in [-0.25, -0.2) is 0 Å². The molecule has 2 aromatic carbocycles. The molecular weight excluding hydrogens is 314 g/mol. The van der Waals surface area contributed by atoms with Crippen LogP contribution in [-0.2, 0) is 11.2 Å². The van der Waals surface area contributed by atoms with Gasteiger partial charge in [0.25, 0.3) is 0 Å². The van der Waals surface area contributed by atoms with Crippen molar-refractivity contribution < 1.29 is 14.9 Å². The van der Waals surface area contributed by atoms with Gasteiger partial charge in [-0.2, -0.15) is 0 Å². The van der Waals surface area contributed by atoms with Gasteiger partial charge in [-0.15, -0.1) is 0 Å². The number of aromatic amines is 1. The summed E-state index contributed by atoms with van der Waals surface area (Å²) in [5.74, 6) is -0.132. The number of benzene rings is 2. The van der Waals surface area contributed by atoms with Crippen LogP contribution in [0.1, 0.15) is 22.5 Å². The minimum atomic E-state index is -0.391. The van der Waals surface area contributed by atoms with Crippen LogP contribution in [0.5, 0.6) is 0 Å². The third-order valence-corrected chi connectivity index (χ3v) is 4.71. The molecule has 0 aliphatic carbocycles. The summed E-state index contributed by atoms with van der Waals surface area (Å²) in [7, 11) is 0. The molecule has 1 aliphatic rings. The summed E-state index contributed by atoms with van der Waals surface area (Å²) >= 11 is 0. The van der Waals surface area contributed by atoms with Crippen molar-refractivity contribution in [2.45, 2.75) is 18.9 Å². The highest BCUT2D eigenvalue weighted by molar-refractivity contribution is 6.06. The fourth-order valence-corrected chi connectivity index (χ4v) is 3.50. The Kier molecular flexibility index (Phi) is 4.07. The molecule has 1 atom stereocenters. The minimum absolute atomic E-state index is 0.00640. The van der Waals surface area contributed by atoms with E-state index >= 15 is 0 Å². The maximum atomic E-state index is 13.0. The molecule has 2 heterocycles. The van der Waals surface area contributed by atoms with Gasteiger partial charge in [0.1, 0.15) is 0 Å². The predicted octanol–water partition coefficient (Wildman–Crippen LogP) is 1.87. The second-order valence-electron chi connectivity index (χ2n) is 6.39. The number of aromatic nitrogens is 1. The van der Waals surface area contributed by atoms with E-state index in [1.807, 2.05) is 59.9 Å². The van der Waals surface area contributed by atoms with E-state index in [0.29, 0.717) is 5.69 Å². The molecule has 0 unspecified atom stereocenters. The molecular formula is C20H20N3O2+. The Morgan fingerprint density at radius 3 is 2.72 bits per heavy atom. The molecule has 25 heavy (non-hydrogen) atoms. The first-order chi connectivity index (χ1) is 12.2. The first kappa shape index (κ1) is 15.6. The van der Waals surface area contributed by atoms with Crippen LogP contribution in [0.25, 0.3) is 10.9 Å². The Balaban J connectivity index is 1.55. The quantitative estimate of drug-likeness (QED) is 0.684. The first-order valence-electron chi connectivity index (χ1n) is 8.54. The number of quaternary nitrogens is 1. The number of nitrogens with one attached hydrogen (secondary N) is 2. The Bertz CT molecular complexity index is 931. The Morgan fingerprint density at radius 2 is 1.88 bits per heavy atom. The van der Waals surface area contributed by atoms with Gasteiger partial charge in [-0.05, 0) is 23.8 Å². The second kappa shape index (κ2) is 6.53. The van der Waals surface area contributed by atoms with Gasteiger partial charge in [0.2, 0.25) is 11.7 Å². The average molecular weight is 334 g/mol. The van der Waals surface area contributed by atoms with E-state index in [1.165, 1.54) is 0 Å². The van der Waals surface area contributed by atoms with Crippen LogP contribution in [0.2, 0.25) is 0 Å². The molecule has 1 aliphatic heterocycles. The number of hydrogen-bond acceptors (Lipinski definition) is 2. The van der Waals surface area contributed by atoms with Crippen molar-refractivity contribution in [3.63, 3.8) is 0 Å². The van der Waals surface area contributed by atoms with Crippen molar-refractivity contribution in [1.29, 1.82) is 0 Å². The van der Waals surface area contributed by atoms with E-state index < -0.39 is 6.04 Å². The number of nitrogens with two attached hydrogens (primary N) is 1. The molecule has 0 saturated heterocycles. The lowest BCUT2D eigenvalue weighted by atomic mass is 10.0. The normalized spacial score (nSPS) is 17.1. The Labute approximate surface area is 145 Å². The summed E-state index contributed by atoms with van der Waals surface area (Å²) in [6.07, 6.45) is 0.990. The molecule has 0 radical (unpaired) electrons. The first-order valence-corrected chi connectivity index (χ1v) is 8.54. The second-order valence-corrected chi connectivity index (χ2v) is 6.39. The molecule has 1 amide bonds. The predicted molar refractivity (Wildman–Crippen MR) is 96.6 cm³/mol. The van der Waals surface area contributed by atoms with E-state index in [1.54, 1.807) is 0 Å². The van der Waals surface area contributed by atoms with Crippen LogP contribution in [0.15, 0.2) is 54.6 Å². The largest absolute Gasteiger partial charge is 0.352 e. The van der Waals surface area contributed by atoms with E-state index in [2.05, 4.69) is 10.3 Å². The molecule has 126 valence electrons. The molecule has 0 saturated carbocycles. The van der Waals surface area contributed by atoms with Gasteiger partial charge >= 0.3 is 0 Å². The lowest BCUT2D eigenvalue weighted by Gasteiger charge is -2.11. The lowest BCUT2D eigenvalue weighted by molar-refractivity contribution is -0.673. The van der Waals surface area contributed by atoms with Gasteiger partial charge in [0.05, 0.1) is 18.7 Å². The van der Waals surface area contributed by atoms with Crippen molar-refractivity contribution in [2.75, 3.05) is 11.9 Å². The van der Waals surface area contributed by atoms with Crippen LogP contribution in [0.3, 0.4) is 0 Å². The molecule has 5 heteroatoms. The standard InChI is InChI=1S/C20H19N3O2/c24-18(22-13-6-2-1-3-7-13)12-17-20(25)19-15(10-11-21-17)14-8-4-5-9-16(14)23-19/h1-9,17,21,23H,10-12H2,(H,22,24)/p+1/t17-/m0/s1. The molecule has 4 rings (SSSR count). The van der Waals surface area contributed by atoms with E-state index in [0.717, 1.165) is 35.1 Å². The average Bonchev–Trinajstić information content (AvgIpc) is 2.93. The number of anilines is 1. The SMILES string of the molecule is O=C(C[C@@H]1[NH2+]CCc2c([nH]c3ccccc23)C1=O)Nc1ccccc1. The maximum Gasteiger partial charge on any atom is 0.236 e. The highest BCUT2D eigenvalue weighted by Crippen LogP contribution is 2.24. The van der Waals surface area contributed by atoms with Crippen molar-refractivity contribution >= 4 is 28.3 Å². The third kappa shape index (κ3) is 3.06. The van der Waals surface area contributed by atoms with Gasteiger partial charge in [-0.1, -0.05) is 36.4 Å². The van der Waals surface area contributed by atoms with E-state index in [9.17, 15) is 9.59 Å². The number of H-pyrrole nitrogens is 1. The number of Topliss-reactive ketones (excluding diaryl/α,β-unsaturated/α-hetero) is 1. The number of carbonyl (C=O) groups is 2. The fourth-order valence-electron chi connectivity index (χ4n) is 3.50. The van der Waals surface area contributed by atoms with Crippen molar-refractivity contribution in [1.82, 2.24) is 4.98 Å². The lowest BCUT2D eigenvalue weighted by Crippen LogP contribution is -2.92. The minimum Gasteiger partial charge on any atom is -0.352 e. The Hall–Kier alpha value is -2.92. The molecule has 3 aromatic rings. The maximum absolute atomic E-state index is 13.0. The van der Waals surface area contributed by atoms with Gasteiger partial charge in [-0.3, -0.25) is 9.59 Å².